The van der Waals surface area contributed by atoms with E-state index >= 15 is 0 Å². The molecule has 150 valence electrons. The maximum absolute atomic E-state index is 15.0. The Bertz CT molecular complexity index is 983. The molecule has 0 radical (unpaired) electrons. The molecule has 2 aliphatic heterocycles. The van der Waals surface area contributed by atoms with Crippen LogP contribution in [0.15, 0.2) is 39.7 Å². The van der Waals surface area contributed by atoms with Gasteiger partial charge in [-0.15, -0.1) is 5.10 Å². The number of hydrogen-bond acceptors (Lipinski definition) is 6. The number of ether oxygens (including phenoxy) is 2. The Morgan fingerprint density at radius 1 is 1.07 bits per heavy atom. The van der Waals surface area contributed by atoms with E-state index in [1.54, 1.807) is 6.07 Å². The predicted octanol–water partition coefficient (Wildman–Crippen LogP) is 4.49. The van der Waals surface area contributed by atoms with E-state index in [1.807, 2.05) is 12.1 Å². The molecule has 1 aliphatic carbocycles. The summed E-state index contributed by atoms with van der Waals surface area (Å²) in [6.45, 7) is 1.56. The molecule has 3 heterocycles. The van der Waals surface area contributed by atoms with E-state index in [0.29, 0.717) is 36.9 Å². The zero-order valence-corrected chi connectivity index (χ0v) is 16.2. The van der Waals surface area contributed by atoms with Crippen molar-refractivity contribution in [3.05, 3.63) is 46.9 Å². The maximum atomic E-state index is 15.0. The summed E-state index contributed by atoms with van der Waals surface area (Å²) < 4.78 is 26.8. The van der Waals surface area contributed by atoms with Crippen LogP contribution in [0, 0.1) is 5.82 Å². The van der Waals surface area contributed by atoms with Gasteiger partial charge < -0.3 is 9.47 Å². The molecule has 5 rings (SSSR count). The van der Waals surface area contributed by atoms with E-state index in [2.05, 4.69) is 15.4 Å². The fourth-order valence-electron chi connectivity index (χ4n) is 4.32. The largest absolute Gasteiger partial charge is 0.471 e. The van der Waals surface area contributed by atoms with Gasteiger partial charge in [-0.3, -0.25) is 0 Å². The van der Waals surface area contributed by atoms with Gasteiger partial charge in [0, 0.05) is 23.2 Å². The Labute approximate surface area is 168 Å². The first-order valence-corrected chi connectivity index (χ1v) is 10.3. The van der Waals surface area contributed by atoms with Crippen molar-refractivity contribution < 1.29 is 13.9 Å². The molecule has 1 aromatic carbocycles. The lowest BCUT2D eigenvalue weighted by atomic mass is 9.89. The molecule has 7 heteroatoms. The second kappa shape index (κ2) is 7.99. The monoisotopic (exact) mass is 394 g/mol. The van der Waals surface area contributed by atoms with Crippen LogP contribution < -0.4 is 4.74 Å². The Kier molecular flexibility index (Phi) is 5.06. The van der Waals surface area contributed by atoms with Crippen LogP contribution >= 0.6 is 0 Å². The summed E-state index contributed by atoms with van der Waals surface area (Å²) in [5.74, 6) is 0.250. The van der Waals surface area contributed by atoms with Gasteiger partial charge in [0.15, 0.2) is 0 Å². The molecule has 0 saturated carbocycles. The van der Waals surface area contributed by atoms with Gasteiger partial charge in [-0.2, -0.15) is 5.11 Å². The number of aryl methyl sites for hydroxylation is 1. The average Bonchev–Trinajstić information content (AvgIpc) is 3.39. The van der Waals surface area contributed by atoms with E-state index in [9.17, 15) is 4.39 Å². The van der Waals surface area contributed by atoms with Crippen LogP contribution in [0.5, 0.6) is 5.88 Å². The van der Waals surface area contributed by atoms with Gasteiger partial charge in [-0.05, 0) is 42.5 Å². The molecular weight excluding hydrogens is 371 g/mol. The molecular formula is C22H23FN4O2. The predicted molar refractivity (Wildman–Crippen MR) is 107 cm³/mol. The molecule has 1 atom stereocenters. The minimum atomic E-state index is -0.256. The molecule has 0 amide bonds. The average molecular weight is 394 g/mol. The lowest BCUT2D eigenvalue weighted by Gasteiger charge is -2.22. The van der Waals surface area contributed by atoms with E-state index in [-0.39, 0.29) is 11.9 Å². The molecule has 6 nitrogen and oxygen atoms in total. The number of nitrogens with zero attached hydrogens (tertiary/aromatic N) is 4. The standard InChI is InChI=1S/C22H23FN4O2/c23-17-8-5-4-6-15(17)20-16-7-2-1-3-9-18(16)25-22(29-14-10-11-28-13-14)21(20)19-12-24-27-26-19/h4-6,8,14H,1-3,7,9-13H2/t14-/m0/s1. The fraction of sp³-hybridized carbons (Fsp3) is 0.455. The normalized spacial score (nSPS) is 21.0. The number of aromatic nitrogens is 1. The molecule has 0 bridgehead atoms. The van der Waals surface area contributed by atoms with Crippen LogP contribution in [0.4, 0.5) is 4.39 Å². The van der Waals surface area contributed by atoms with Crippen LogP contribution in [0.2, 0.25) is 0 Å². The van der Waals surface area contributed by atoms with Crippen LogP contribution in [-0.2, 0) is 17.6 Å². The minimum Gasteiger partial charge on any atom is -0.471 e. The third kappa shape index (κ3) is 3.55. The number of fused-ring (bicyclic) bond motifs is 1. The summed E-state index contributed by atoms with van der Waals surface area (Å²) >= 11 is 0. The summed E-state index contributed by atoms with van der Waals surface area (Å²) in [7, 11) is 0. The number of halogens is 1. The van der Waals surface area contributed by atoms with Crippen molar-refractivity contribution in [1.29, 1.82) is 0 Å². The first kappa shape index (κ1) is 18.4. The Balaban J connectivity index is 1.75. The topological polar surface area (TPSA) is 68.4 Å². The first-order chi connectivity index (χ1) is 14.3. The van der Waals surface area contributed by atoms with Crippen LogP contribution in [-0.4, -0.2) is 36.6 Å². The highest BCUT2D eigenvalue weighted by Crippen LogP contribution is 2.40. The zero-order chi connectivity index (χ0) is 19.6. The van der Waals surface area contributed by atoms with Crippen molar-refractivity contribution in [2.24, 2.45) is 15.4 Å². The van der Waals surface area contributed by atoms with E-state index in [4.69, 9.17) is 14.5 Å². The lowest BCUT2D eigenvalue weighted by Crippen LogP contribution is -2.21. The lowest BCUT2D eigenvalue weighted by molar-refractivity contribution is 0.137. The van der Waals surface area contributed by atoms with Crippen molar-refractivity contribution in [1.82, 2.24) is 4.98 Å². The Morgan fingerprint density at radius 3 is 2.76 bits per heavy atom. The minimum absolute atomic E-state index is 0.0607. The quantitative estimate of drug-likeness (QED) is 0.717. The summed E-state index contributed by atoms with van der Waals surface area (Å²) in [6.07, 6.45) is 5.77. The summed E-state index contributed by atoms with van der Waals surface area (Å²) in [5, 5.41) is 12.1. The maximum Gasteiger partial charge on any atom is 0.224 e. The number of pyridine rings is 1. The van der Waals surface area contributed by atoms with Crippen molar-refractivity contribution in [3.63, 3.8) is 0 Å². The van der Waals surface area contributed by atoms with E-state index < -0.39 is 0 Å². The van der Waals surface area contributed by atoms with Crippen molar-refractivity contribution in [3.8, 4) is 17.0 Å². The van der Waals surface area contributed by atoms with Gasteiger partial charge in [-0.25, -0.2) is 9.37 Å². The molecule has 3 aliphatic rings. The molecule has 0 spiro atoms. The molecule has 1 saturated heterocycles. The van der Waals surface area contributed by atoms with Crippen LogP contribution in [0.3, 0.4) is 0 Å². The molecule has 0 unspecified atom stereocenters. The van der Waals surface area contributed by atoms with Gasteiger partial charge in [-0.1, -0.05) is 24.6 Å². The number of benzene rings is 1. The van der Waals surface area contributed by atoms with Gasteiger partial charge in [0.25, 0.3) is 0 Å². The van der Waals surface area contributed by atoms with Gasteiger partial charge >= 0.3 is 0 Å². The van der Waals surface area contributed by atoms with Crippen molar-refractivity contribution in [2.75, 3.05) is 19.8 Å². The van der Waals surface area contributed by atoms with E-state index in [1.165, 1.54) is 6.07 Å². The molecule has 29 heavy (non-hydrogen) atoms. The highest BCUT2D eigenvalue weighted by Gasteiger charge is 2.30. The first-order valence-electron chi connectivity index (χ1n) is 10.3. The highest BCUT2D eigenvalue weighted by atomic mass is 19.1. The summed E-state index contributed by atoms with van der Waals surface area (Å²) in [5.41, 5.74) is 4.92. The second-order valence-corrected chi connectivity index (χ2v) is 7.67. The van der Waals surface area contributed by atoms with Gasteiger partial charge in [0.2, 0.25) is 5.88 Å². The zero-order valence-electron chi connectivity index (χ0n) is 16.2. The fourth-order valence-corrected chi connectivity index (χ4v) is 4.32. The molecule has 1 fully saturated rings. The van der Waals surface area contributed by atoms with Gasteiger partial charge in [0.1, 0.15) is 24.2 Å². The number of hydrogen-bond donors (Lipinski definition) is 0. The number of rotatable bonds is 4. The Morgan fingerprint density at radius 2 is 1.97 bits per heavy atom. The summed E-state index contributed by atoms with van der Waals surface area (Å²) in [4.78, 5) is 4.93. The van der Waals surface area contributed by atoms with Crippen LogP contribution in [0.1, 0.15) is 42.5 Å². The summed E-state index contributed by atoms with van der Waals surface area (Å²) in [6, 6.07) is 6.90. The SMILES string of the molecule is Fc1ccccc1-c1c2c(nc(O[C@H]3CCOC3)c1C1=NN=NC1)CCCCC2. The van der Waals surface area contributed by atoms with Gasteiger partial charge in [0.05, 0.1) is 18.8 Å². The van der Waals surface area contributed by atoms with Crippen molar-refractivity contribution >= 4 is 5.71 Å². The molecule has 1 aromatic heterocycles. The Hall–Kier alpha value is -2.67. The molecule has 0 N–H and O–H groups in total. The van der Waals surface area contributed by atoms with Crippen molar-refractivity contribution in [2.45, 2.75) is 44.6 Å². The third-order valence-electron chi connectivity index (χ3n) is 5.74. The third-order valence-corrected chi connectivity index (χ3v) is 5.74. The smallest absolute Gasteiger partial charge is 0.224 e. The second-order valence-electron chi connectivity index (χ2n) is 7.67. The highest BCUT2D eigenvalue weighted by molar-refractivity contribution is 6.10. The van der Waals surface area contributed by atoms with E-state index in [0.717, 1.165) is 60.9 Å². The molecule has 2 aromatic rings. The van der Waals surface area contributed by atoms with Crippen LogP contribution in [0.25, 0.3) is 11.1 Å².